The van der Waals surface area contributed by atoms with Gasteiger partial charge in [0.1, 0.15) is 11.5 Å². The zero-order valence-corrected chi connectivity index (χ0v) is 20.2. The second-order valence-electron chi connectivity index (χ2n) is 9.14. The largest absolute Gasteiger partial charge is 0.497 e. The molecule has 34 heavy (non-hydrogen) atoms. The highest BCUT2D eigenvalue weighted by molar-refractivity contribution is 6.22. The lowest BCUT2D eigenvalue weighted by molar-refractivity contribution is -0.121. The average molecular weight is 466 g/mol. The summed E-state index contributed by atoms with van der Waals surface area (Å²) in [7, 11) is 1.68. The number of carbonyl (C=O) groups excluding carboxylic acids is 2. The van der Waals surface area contributed by atoms with E-state index in [0.29, 0.717) is 18.2 Å². The zero-order chi connectivity index (χ0) is 23.9. The van der Waals surface area contributed by atoms with Gasteiger partial charge in [-0.1, -0.05) is 19.1 Å². The summed E-state index contributed by atoms with van der Waals surface area (Å²) in [5.41, 5.74) is 1.90. The number of nitrogens with one attached hydrogen (secondary N) is 1. The van der Waals surface area contributed by atoms with Gasteiger partial charge in [-0.2, -0.15) is 0 Å². The Bertz CT molecular complexity index is 953. The van der Waals surface area contributed by atoms with Gasteiger partial charge >= 0.3 is 0 Å². The fraction of sp³-hybridized carbons (Fsp3) is 0.481. The first-order chi connectivity index (χ1) is 16.6. The summed E-state index contributed by atoms with van der Waals surface area (Å²) in [5.74, 6) is 1.82. The summed E-state index contributed by atoms with van der Waals surface area (Å²) in [4.78, 5) is 29.3. The molecular weight excluding hydrogens is 430 g/mol. The molecule has 0 bridgehead atoms. The summed E-state index contributed by atoms with van der Waals surface area (Å²) in [6, 6.07) is 15.0. The van der Waals surface area contributed by atoms with Crippen molar-refractivity contribution in [3.8, 4) is 11.5 Å². The van der Waals surface area contributed by atoms with E-state index >= 15 is 0 Å². The molecule has 7 nitrogen and oxygen atoms in total. The molecule has 182 valence electrons. The number of piperidine rings is 1. The molecule has 2 aromatic carbocycles. The predicted octanol–water partition coefficient (Wildman–Crippen LogP) is 3.62. The number of amides is 2. The van der Waals surface area contributed by atoms with Crippen molar-refractivity contribution in [2.75, 3.05) is 38.3 Å². The Morgan fingerprint density at radius 1 is 0.971 bits per heavy atom. The third-order valence-corrected chi connectivity index (χ3v) is 6.64. The number of likely N-dealkylation sites (tertiary alicyclic amines) is 1. The lowest BCUT2D eigenvalue weighted by Crippen LogP contribution is -2.43. The van der Waals surface area contributed by atoms with E-state index in [0.717, 1.165) is 56.9 Å². The molecule has 2 heterocycles. The molecule has 2 aromatic rings. The molecule has 2 aliphatic heterocycles. The predicted molar refractivity (Wildman–Crippen MR) is 132 cm³/mol. The van der Waals surface area contributed by atoms with Gasteiger partial charge in [0.25, 0.3) is 5.91 Å². The lowest BCUT2D eigenvalue weighted by atomic mass is 9.96. The average Bonchev–Trinajstić information content (AvgIpc) is 3.16. The van der Waals surface area contributed by atoms with Gasteiger partial charge in [-0.3, -0.25) is 14.5 Å². The van der Waals surface area contributed by atoms with Gasteiger partial charge in [-0.15, -0.1) is 0 Å². The highest BCUT2D eigenvalue weighted by atomic mass is 16.5. The summed E-state index contributed by atoms with van der Waals surface area (Å²) >= 11 is 0. The Balaban J connectivity index is 1.22. The highest BCUT2D eigenvalue weighted by Gasteiger charge is 2.39. The molecule has 1 atom stereocenters. The summed E-state index contributed by atoms with van der Waals surface area (Å²) in [6.07, 6.45) is 3.31. The Labute approximate surface area is 202 Å². The maximum Gasteiger partial charge on any atom is 0.251 e. The van der Waals surface area contributed by atoms with E-state index in [1.807, 2.05) is 24.3 Å². The van der Waals surface area contributed by atoms with E-state index in [1.165, 1.54) is 10.5 Å². The number of anilines is 1. The molecule has 2 amide bonds. The van der Waals surface area contributed by atoms with Crippen molar-refractivity contribution < 1.29 is 19.1 Å². The smallest absolute Gasteiger partial charge is 0.251 e. The van der Waals surface area contributed by atoms with Crippen molar-refractivity contribution in [1.82, 2.24) is 10.2 Å². The molecule has 2 saturated heterocycles. The van der Waals surface area contributed by atoms with Crippen molar-refractivity contribution in [1.29, 1.82) is 0 Å². The van der Waals surface area contributed by atoms with E-state index < -0.39 is 6.04 Å². The number of methoxy groups -OCH3 is 1. The molecule has 0 saturated carbocycles. The Kier molecular flexibility index (Phi) is 8.19. The fourth-order valence-electron chi connectivity index (χ4n) is 4.62. The van der Waals surface area contributed by atoms with Gasteiger partial charge in [-0.05, 0) is 86.8 Å². The van der Waals surface area contributed by atoms with Gasteiger partial charge in [0.15, 0.2) is 0 Å². The molecule has 0 aliphatic carbocycles. The number of benzene rings is 2. The maximum absolute atomic E-state index is 12.9. The molecule has 7 heteroatoms. The summed E-state index contributed by atoms with van der Waals surface area (Å²) < 4.78 is 10.8. The van der Waals surface area contributed by atoms with Gasteiger partial charge < -0.3 is 14.8 Å². The van der Waals surface area contributed by atoms with Crippen LogP contribution in [0.5, 0.6) is 11.5 Å². The van der Waals surface area contributed by atoms with E-state index in [2.05, 4.69) is 29.3 Å². The number of rotatable bonds is 10. The van der Waals surface area contributed by atoms with Crippen LogP contribution in [0.3, 0.4) is 0 Å². The second-order valence-corrected chi connectivity index (χ2v) is 9.14. The number of nitrogens with zero attached hydrogens (tertiary/aromatic N) is 2. The van der Waals surface area contributed by atoms with Crippen LogP contribution in [-0.4, -0.2) is 56.1 Å². The molecule has 0 spiro atoms. The van der Waals surface area contributed by atoms with Crippen LogP contribution in [0.2, 0.25) is 0 Å². The Morgan fingerprint density at radius 2 is 1.65 bits per heavy atom. The van der Waals surface area contributed by atoms with Crippen molar-refractivity contribution >= 4 is 17.5 Å². The van der Waals surface area contributed by atoms with Crippen LogP contribution in [0.4, 0.5) is 5.69 Å². The molecule has 2 aliphatic rings. The molecule has 0 radical (unpaired) electrons. The van der Waals surface area contributed by atoms with Gasteiger partial charge in [0, 0.05) is 6.54 Å². The minimum atomic E-state index is -0.444. The zero-order valence-electron chi connectivity index (χ0n) is 20.2. The molecule has 4 rings (SSSR count). The minimum absolute atomic E-state index is 0.154. The molecule has 1 N–H and O–H groups in total. The van der Waals surface area contributed by atoms with Crippen LogP contribution in [0.1, 0.15) is 38.2 Å². The first-order valence-corrected chi connectivity index (χ1v) is 12.3. The van der Waals surface area contributed by atoms with Crippen LogP contribution in [0.15, 0.2) is 48.5 Å². The Morgan fingerprint density at radius 3 is 2.29 bits per heavy atom. The third kappa shape index (κ3) is 5.96. The summed E-state index contributed by atoms with van der Waals surface area (Å²) in [6.45, 7) is 6.47. The normalized spacial score (nSPS) is 19.6. The summed E-state index contributed by atoms with van der Waals surface area (Å²) in [5, 5.41) is 3.38. The number of hydrogen-bond acceptors (Lipinski definition) is 6. The van der Waals surface area contributed by atoms with E-state index in [9.17, 15) is 9.59 Å². The van der Waals surface area contributed by atoms with Crippen LogP contribution < -0.4 is 19.7 Å². The fourth-order valence-corrected chi connectivity index (χ4v) is 4.62. The van der Waals surface area contributed by atoms with Gasteiger partial charge in [0.05, 0.1) is 31.9 Å². The molecule has 0 aromatic heterocycles. The van der Waals surface area contributed by atoms with Gasteiger partial charge in [-0.25, -0.2) is 4.90 Å². The monoisotopic (exact) mass is 465 g/mol. The van der Waals surface area contributed by atoms with Crippen molar-refractivity contribution in [2.45, 2.75) is 45.2 Å². The minimum Gasteiger partial charge on any atom is -0.497 e. The van der Waals surface area contributed by atoms with Crippen molar-refractivity contribution in [3.05, 3.63) is 54.1 Å². The van der Waals surface area contributed by atoms with Crippen molar-refractivity contribution in [3.63, 3.8) is 0 Å². The first kappa shape index (κ1) is 24.2. The second kappa shape index (κ2) is 11.5. The first-order valence-electron chi connectivity index (χ1n) is 12.3. The van der Waals surface area contributed by atoms with Crippen LogP contribution in [0, 0.1) is 5.92 Å². The molecule has 2 fully saturated rings. The van der Waals surface area contributed by atoms with Crippen LogP contribution >= 0.6 is 0 Å². The number of carbonyl (C=O) groups is 2. The standard InChI is InChI=1S/C27H35N3O4/c1-3-16-34-24-10-6-22(7-11-24)30-26(31)17-25(27(30)32)28-18-20-12-14-29(15-13-20)19-21-4-8-23(33-2)9-5-21/h4-11,20,25,28H,3,12-19H2,1-2H3/t25-/m0/s1. The van der Waals surface area contributed by atoms with E-state index in [4.69, 9.17) is 9.47 Å². The molecular formula is C27H35N3O4. The lowest BCUT2D eigenvalue weighted by Gasteiger charge is -2.32. The van der Waals surface area contributed by atoms with Crippen molar-refractivity contribution in [2.24, 2.45) is 5.92 Å². The van der Waals surface area contributed by atoms with Crippen LogP contribution in [-0.2, 0) is 16.1 Å². The maximum atomic E-state index is 12.9. The Hall–Kier alpha value is -2.90. The molecule has 0 unspecified atom stereocenters. The topological polar surface area (TPSA) is 71.1 Å². The van der Waals surface area contributed by atoms with Gasteiger partial charge in [0.2, 0.25) is 5.91 Å². The number of ether oxygens (including phenoxy) is 2. The number of imide groups is 1. The van der Waals surface area contributed by atoms with E-state index in [-0.39, 0.29) is 18.2 Å². The van der Waals surface area contributed by atoms with E-state index in [1.54, 1.807) is 19.2 Å². The highest BCUT2D eigenvalue weighted by Crippen LogP contribution is 2.26. The SMILES string of the molecule is CCCOc1ccc(N2C(=O)C[C@H](NCC3CCN(Cc4ccc(OC)cc4)CC3)C2=O)cc1. The van der Waals surface area contributed by atoms with Crippen LogP contribution in [0.25, 0.3) is 0 Å². The quantitative estimate of drug-likeness (QED) is 0.541. The number of hydrogen-bond donors (Lipinski definition) is 1. The third-order valence-electron chi connectivity index (χ3n) is 6.64.